The molecule has 0 atom stereocenters. The van der Waals surface area contributed by atoms with Gasteiger partial charge in [0, 0.05) is 57.0 Å². The fraction of sp³-hybridized carbons (Fsp3) is 0.304. The predicted octanol–water partition coefficient (Wildman–Crippen LogP) is 4.06. The van der Waals surface area contributed by atoms with E-state index in [0.717, 1.165) is 39.9 Å². The van der Waals surface area contributed by atoms with Gasteiger partial charge in [0.25, 0.3) is 0 Å². The maximum absolute atomic E-state index is 14.0. The average Bonchev–Trinajstić information content (AvgIpc) is 3.22. The normalized spacial score (nSPS) is 14.8. The van der Waals surface area contributed by atoms with Gasteiger partial charge in [0.15, 0.2) is 17.4 Å². The second-order valence-corrected chi connectivity index (χ2v) is 7.94. The van der Waals surface area contributed by atoms with Crippen molar-refractivity contribution in [2.45, 2.75) is 25.9 Å². The number of aryl methyl sites for hydroxylation is 2. The Morgan fingerprint density at radius 1 is 1.09 bits per heavy atom. The molecule has 0 N–H and O–H groups in total. The van der Waals surface area contributed by atoms with Gasteiger partial charge in [-0.3, -0.25) is 9.67 Å². The first-order valence-electron chi connectivity index (χ1n) is 10.5. The number of nitrogens with zero attached hydrogens (tertiary/aromatic N) is 6. The Hall–Kier alpha value is -3.62. The molecule has 1 saturated heterocycles. The number of fused-ring (bicyclic) bond motifs is 1. The van der Waals surface area contributed by atoms with Crippen molar-refractivity contribution in [1.82, 2.24) is 24.7 Å². The number of ether oxygens (including phenoxy) is 1. The Morgan fingerprint density at radius 2 is 1.91 bits per heavy atom. The minimum atomic E-state index is -0.685. The van der Waals surface area contributed by atoms with Crippen molar-refractivity contribution in [3.05, 3.63) is 60.2 Å². The van der Waals surface area contributed by atoms with Crippen molar-refractivity contribution < 1.29 is 13.5 Å². The highest BCUT2D eigenvalue weighted by Crippen LogP contribution is 2.32. The van der Waals surface area contributed by atoms with Gasteiger partial charge in [0.05, 0.1) is 17.4 Å². The standard InChI is InChI=1S/C23H22F2N6O/c1-14-21-19(5-8-26-14)28-23(22(29-21)15-12-27-30(2)13-15)31-9-6-17(7-10-31)32-20-4-3-16(24)11-18(20)25/h3-5,8,11-13,17H,6-7,9-10H2,1-2H3. The van der Waals surface area contributed by atoms with E-state index < -0.39 is 11.6 Å². The molecule has 0 saturated carbocycles. The summed E-state index contributed by atoms with van der Waals surface area (Å²) in [7, 11) is 1.86. The van der Waals surface area contributed by atoms with Crippen molar-refractivity contribution in [3.8, 4) is 17.0 Å². The number of rotatable bonds is 4. The molecule has 5 rings (SSSR count). The van der Waals surface area contributed by atoms with Gasteiger partial charge in [0.1, 0.15) is 23.1 Å². The van der Waals surface area contributed by atoms with Crippen LogP contribution in [0.25, 0.3) is 22.3 Å². The molecule has 0 bridgehead atoms. The Morgan fingerprint density at radius 3 is 2.62 bits per heavy atom. The van der Waals surface area contributed by atoms with Crippen LogP contribution >= 0.6 is 0 Å². The van der Waals surface area contributed by atoms with E-state index in [2.05, 4.69) is 15.0 Å². The van der Waals surface area contributed by atoms with Gasteiger partial charge in [0.2, 0.25) is 0 Å². The molecule has 4 heterocycles. The van der Waals surface area contributed by atoms with Crippen molar-refractivity contribution in [3.63, 3.8) is 0 Å². The van der Waals surface area contributed by atoms with Gasteiger partial charge in [-0.1, -0.05) is 0 Å². The van der Waals surface area contributed by atoms with Crippen LogP contribution in [0.15, 0.2) is 42.9 Å². The number of hydrogen-bond donors (Lipinski definition) is 0. The van der Waals surface area contributed by atoms with E-state index in [4.69, 9.17) is 14.7 Å². The third-order valence-corrected chi connectivity index (χ3v) is 5.66. The van der Waals surface area contributed by atoms with Crippen LogP contribution < -0.4 is 9.64 Å². The van der Waals surface area contributed by atoms with E-state index in [1.807, 2.05) is 26.2 Å². The lowest BCUT2D eigenvalue weighted by molar-refractivity contribution is 0.163. The molecule has 1 aliphatic heterocycles. The van der Waals surface area contributed by atoms with Crippen molar-refractivity contribution >= 4 is 16.9 Å². The van der Waals surface area contributed by atoms with Gasteiger partial charge in [-0.15, -0.1) is 0 Å². The molecule has 1 fully saturated rings. The lowest BCUT2D eigenvalue weighted by Gasteiger charge is -2.33. The fourth-order valence-corrected chi connectivity index (χ4v) is 4.00. The van der Waals surface area contributed by atoms with E-state index in [9.17, 15) is 8.78 Å². The molecule has 7 nitrogen and oxygen atoms in total. The average molecular weight is 436 g/mol. The summed E-state index contributed by atoms with van der Waals surface area (Å²) in [5.41, 5.74) is 4.00. The minimum Gasteiger partial charge on any atom is -0.487 e. The van der Waals surface area contributed by atoms with Crippen molar-refractivity contribution in [1.29, 1.82) is 0 Å². The number of anilines is 1. The summed E-state index contributed by atoms with van der Waals surface area (Å²) >= 11 is 0. The highest BCUT2D eigenvalue weighted by Gasteiger charge is 2.26. The molecule has 32 heavy (non-hydrogen) atoms. The molecule has 9 heteroatoms. The maximum atomic E-state index is 14.0. The molecular formula is C23H22F2N6O. The number of pyridine rings is 1. The topological polar surface area (TPSA) is 69.0 Å². The van der Waals surface area contributed by atoms with E-state index in [1.165, 1.54) is 12.1 Å². The molecular weight excluding hydrogens is 414 g/mol. The van der Waals surface area contributed by atoms with Crippen LogP contribution in [0.3, 0.4) is 0 Å². The summed E-state index contributed by atoms with van der Waals surface area (Å²) in [6, 6.07) is 5.24. The number of aromatic nitrogens is 5. The zero-order valence-corrected chi connectivity index (χ0v) is 17.8. The predicted molar refractivity (Wildman–Crippen MR) is 116 cm³/mol. The van der Waals surface area contributed by atoms with Crippen LogP contribution in [0, 0.1) is 18.6 Å². The summed E-state index contributed by atoms with van der Waals surface area (Å²) in [6.07, 6.45) is 6.62. The summed E-state index contributed by atoms with van der Waals surface area (Å²) in [5.74, 6) is -0.444. The van der Waals surface area contributed by atoms with E-state index in [1.54, 1.807) is 17.1 Å². The first kappa shape index (κ1) is 20.3. The summed E-state index contributed by atoms with van der Waals surface area (Å²) in [4.78, 5) is 16.3. The molecule has 0 unspecified atom stereocenters. The van der Waals surface area contributed by atoms with Crippen molar-refractivity contribution in [2.75, 3.05) is 18.0 Å². The zero-order chi connectivity index (χ0) is 22.2. The third kappa shape index (κ3) is 3.86. The van der Waals surface area contributed by atoms with E-state index in [0.29, 0.717) is 25.9 Å². The highest BCUT2D eigenvalue weighted by atomic mass is 19.1. The molecule has 4 aromatic rings. The first-order valence-corrected chi connectivity index (χ1v) is 10.5. The van der Waals surface area contributed by atoms with Gasteiger partial charge in [-0.2, -0.15) is 5.10 Å². The van der Waals surface area contributed by atoms with Crippen molar-refractivity contribution in [2.24, 2.45) is 7.05 Å². The molecule has 1 aliphatic rings. The number of piperidine rings is 1. The molecule has 1 aromatic carbocycles. The smallest absolute Gasteiger partial charge is 0.167 e. The van der Waals surface area contributed by atoms with Crippen LogP contribution in [-0.4, -0.2) is 43.9 Å². The summed E-state index contributed by atoms with van der Waals surface area (Å²) in [5, 5.41) is 4.29. The largest absolute Gasteiger partial charge is 0.487 e. The Kier molecular flexibility index (Phi) is 5.16. The zero-order valence-electron chi connectivity index (χ0n) is 17.8. The first-order chi connectivity index (χ1) is 15.5. The lowest BCUT2D eigenvalue weighted by atomic mass is 10.1. The molecule has 0 amide bonds. The third-order valence-electron chi connectivity index (χ3n) is 5.66. The van der Waals surface area contributed by atoms with Crippen LogP contribution in [0.2, 0.25) is 0 Å². The molecule has 0 aliphatic carbocycles. The minimum absolute atomic E-state index is 0.0781. The van der Waals surface area contributed by atoms with Crippen LogP contribution in [0.1, 0.15) is 18.5 Å². The number of benzene rings is 1. The highest BCUT2D eigenvalue weighted by molar-refractivity contribution is 5.84. The summed E-state index contributed by atoms with van der Waals surface area (Å²) < 4.78 is 34.7. The lowest BCUT2D eigenvalue weighted by Crippen LogP contribution is -2.39. The summed E-state index contributed by atoms with van der Waals surface area (Å²) in [6.45, 7) is 3.26. The van der Waals surface area contributed by atoms with Gasteiger partial charge >= 0.3 is 0 Å². The Balaban J connectivity index is 1.42. The fourth-order valence-electron chi connectivity index (χ4n) is 4.00. The molecule has 0 spiro atoms. The molecule has 3 aromatic heterocycles. The monoisotopic (exact) mass is 436 g/mol. The molecule has 0 radical (unpaired) electrons. The second kappa shape index (κ2) is 8.14. The second-order valence-electron chi connectivity index (χ2n) is 7.94. The SMILES string of the molecule is Cc1nccc2nc(N3CCC(Oc4ccc(F)cc4F)CC3)c(-c3cnn(C)c3)nc12. The number of hydrogen-bond acceptors (Lipinski definition) is 6. The van der Waals surface area contributed by atoms with Crippen LogP contribution in [0.5, 0.6) is 5.75 Å². The van der Waals surface area contributed by atoms with E-state index >= 15 is 0 Å². The van der Waals surface area contributed by atoms with Gasteiger partial charge in [-0.05, 0) is 25.1 Å². The van der Waals surface area contributed by atoms with Crippen LogP contribution in [0.4, 0.5) is 14.6 Å². The Bertz CT molecular complexity index is 1280. The maximum Gasteiger partial charge on any atom is 0.167 e. The van der Waals surface area contributed by atoms with Crippen LogP contribution in [-0.2, 0) is 7.05 Å². The van der Waals surface area contributed by atoms with Gasteiger partial charge < -0.3 is 9.64 Å². The molecule has 164 valence electrons. The number of halogens is 2. The quantitative estimate of drug-likeness (QED) is 0.481. The van der Waals surface area contributed by atoms with Gasteiger partial charge in [-0.25, -0.2) is 18.7 Å². The Labute approximate surface area is 183 Å². The van der Waals surface area contributed by atoms with E-state index in [-0.39, 0.29) is 11.9 Å².